The molecule has 7 heteroatoms. The number of hydrogen-bond acceptors (Lipinski definition) is 5. The Labute approximate surface area is 124 Å². The van der Waals surface area contributed by atoms with Crippen molar-refractivity contribution in [2.24, 2.45) is 0 Å². The predicted octanol–water partition coefficient (Wildman–Crippen LogP) is 2.53. The fraction of sp³-hybridized carbons (Fsp3) is 0.357. The first kappa shape index (κ1) is 14.4. The van der Waals surface area contributed by atoms with E-state index in [0.29, 0.717) is 18.2 Å². The number of rotatable bonds is 4. The van der Waals surface area contributed by atoms with Gasteiger partial charge in [-0.05, 0) is 12.1 Å². The lowest BCUT2D eigenvalue weighted by atomic mass is 10.2. The number of aromatic nitrogens is 1. The highest BCUT2D eigenvalue weighted by atomic mass is 32.1. The van der Waals surface area contributed by atoms with Crippen LogP contribution in [0.2, 0.25) is 0 Å². The molecule has 0 saturated carbocycles. The van der Waals surface area contributed by atoms with Gasteiger partial charge in [-0.25, -0.2) is 13.8 Å². The van der Waals surface area contributed by atoms with Crippen LogP contribution >= 0.6 is 11.3 Å². The first-order valence-electron chi connectivity index (χ1n) is 6.58. The van der Waals surface area contributed by atoms with Crippen LogP contribution in [0.25, 0.3) is 0 Å². The van der Waals surface area contributed by atoms with E-state index in [4.69, 9.17) is 9.47 Å². The van der Waals surface area contributed by atoms with Gasteiger partial charge in [-0.1, -0.05) is 6.07 Å². The van der Waals surface area contributed by atoms with Crippen molar-refractivity contribution in [1.82, 2.24) is 10.3 Å². The fourth-order valence-electron chi connectivity index (χ4n) is 2.16. The summed E-state index contributed by atoms with van der Waals surface area (Å²) < 4.78 is 38.8. The average molecular weight is 312 g/mol. The van der Waals surface area contributed by atoms with E-state index in [1.807, 2.05) is 0 Å². The maximum Gasteiger partial charge on any atom is 0.191 e. The van der Waals surface area contributed by atoms with Gasteiger partial charge in [0.05, 0.1) is 6.61 Å². The summed E-state index contributed by atoms with van der Waals surface area (Å²) in [5.74, 6) is -1.87. The summed E-state index contributed by atoms with van der Waals surface area (Å²) in [5.41, 5.74) is 0. The minimum Gasteiger partial charge on any atom is -0.474 e. The van der Waals surface area contributed by atoms with Gasteiger partial charge in [-0.3, -0.25) is 0 Å². The van der Waals surface area contributed by atoms with Crippen LogP contribution in [0.1, 0.15) is 11.1 Å². The van der Waals surface area contributed by atoms with Crippen LogP contribution in [0.15, 0.2) is 29.8 Å². The molecule has 0 bridgehead atoms. The van der Waals surface area contributed by atoms with Gasteiger partial charge in [0.1, 0.15) is 11.1 Å². The van der Waals surface area contributed by atoms with Gasteiger partial charge in [0.25, 0.3) is 0 Å². The zero-order valence-electron chi connectivity index (χ0n) is 11.1. The topological polar surface area (TPSA) is 43.4 Å². The highest BCUT2D eigenvalue weighted by Crippen LogP contribution is 2.31. The molecule has 1 unspecified atom stereocenters. The van der Waals surface area contributed by atoms with Gasteiger partial charge in [-0.2, -0.15) is 0 Å². The molecule has 1 N–H and O–H groups in total. The van der Waals surface area contributed by atoms with E-state index in [0.717, 1.165) is 18.7 Å². The molecule has 2 atom stereocenters. The summed E-state index contributed by atoms with van der Waals surface area (Å²) >= 11 is 1.37. The number of nitrogens with zero attached hydrogens (tertiary/aromatic N) is 1. The Kier molecular flexibility index (Phi) is 4.42. The molecule has 4 nitrogen and oxygen atoms in total. The van der Waals surface area contributed by atoms with E-state index in [-0.39, 0.29) is 6.10 Å². The van der Waals surface area contributed by atoms with Gasteiger partial charge < -0.3 is 14.8 Å². The average Bonchev–Trinajstić information content (AvgIpc) is 3.02. The second-order valence-corrected chi connectivity index (χ2v) is 5.50. The first-order chi connectivity index (χ1) is 10.3. The third-order valence-corrected chi connectivity index (χ3v) is 3.99. The summed E-state index contributed by atoms with van der Waals surface area (Å²) in [6, 6.07) is 3.63. The molecular weight excluding hydrogens is 298 g/mol. The lowest BCUT2D eigenvalue weighted by molar-refractivity contribution is -0.0453. The number of thiazole rings is 1. The number of para-hydroxylation sites is 1. The third-order valence-electron chi connectivity index (χ3n) is 3.15. The Morgan fingerprint density at radius 3 is 2.81 bits per heavy atom. The Morgan fingerprint density at radius 2 is 2.19 bits per heavy atom. The van der Waals surface area contributed by atoms with E-state index in [1.165, 1.54) is 17.4 Å². The van der Waals surface area contributed by atoms with E-state index in [9.17, 15) is 8.78 Å². The Balaban J connectivity index is 1.89. The monoisotopic (exact) mass is 312 g/mol. The molecule has 3 rings (SSSR count). The Hall–Kier alpha value is -1.57. The molecule has 1 aromatic carbocycles. The van der Waals surface area contributed by atoms with Gasteiger partial charge in [0.15, 0.2) is 23.5 Å². The van der Waals surface area contributed by atoms with Crippen molar-refractivity contribution in [3.63, 3.8) is 0 Å². The maximum absolute atomic E-state index is 13.8. The van der Waals surface area contributed by atoms with E-state index in [2.05, 4.69) is 10.3 Å². The van der Waals surface area contributed by atoms with Crippen LogP contribution in [-0.4, -0.2) is 30.8 Å². The lowest BCUT2D eigenvalue weighted by Gasteiger charge is -2.30. The second kappa shape index (κ2) is 6.46. The van der Waals surface area contributed by atoms with E-state index in [1.54, 1.807) is 11.6 Å². The minimum absolute atomic E-state index is 0.344. The van der Waals surface area contributed by atoms with Crippen molar-refractivity contribution < 1.29 is 18.3 Å². The summed E-state index contributed by atoms with van der Waals surface area (Å²) in [7, 11) is 0. The predicted molar refractivity (Wildman–Crippen MR) is 74.5 cm³/mol. The van der Waals surface area contributed by atoms with Gasteiger partial charge in [0, 0.05) is 24.7 Å². The highest BCUT2D eigenvalue weighted by Gasteiger charge is 2.31. The zero-order chi connectivity index (χ0) is 14.7. The minimum atomic E-state index is -0.736. The second-order valence-electron chi connectivity index (χ2n) is 4.57. The summed E-state index contributed by atoms with van der Waals surface area (Å²) in [4.78, 5) is 4.19. The van der Waals surface area contributed by atoms with Crippen LogP contribution in [0.3, 0.4) is 0 Å². The standard InChI is InChI=1S/C14H14F2N2O2S/c15-9-2-1-3-10(16)12(9)20-13(14-18-5-7-21-14)11-8-17-4-6-19-11/h1-3,5,7,11,13,17H,4,6,8H2/t11-,13?/m0/s1. The van der Waals surface area contributed by atoms with Crippen LogP contribution in [-0.2, 0) is 4.74 Å². The number of halogens is 2. The van der Waals surface area contributed by atoms with Gasteiger partial charge >= 0.3 is 0 Å². The molecule has 0 amide bonds. The molecule has 21 heavy (non-hydrogen) atoms. The molecule has 112 valence electrons. The molecule has 1 aromatic heterocycles. The summed E-state index contributed by atoms with van der Waals surface area (Å²) in [6.07, 6.45) is 0.637. The summed E-state index contributed by atoms with van der Waals surface area (Å²) in [5, 5.41) is 5.60. The largest absolute Gasteiger partial charge is 0.474 e. The molecule has 1 fully saturated rings. The fourth-order valence-corrected chi connectivity index (χ4v) is 2.88. The Bertz CT molecular complexity index is 568. The van der Waals surface area contributed by atoms with Crippen LogP contribution < -0.4 is 10.1 Å². The Morgan fingerprint density at radius 1 is 1.38 bits per heavy atom. The number of benzene rings is 1. The molecule has 0 aliphatic carbocycles. The third kappa shape index (κ3) is 3.20. The molecular formula is C14H14F2N2O2S. The van der Waals surface area contributed by atoms with Gasteiger partial charge in [-0.15, -0.1) is 11.3 Å². The number of ether oxygens (including phenoxy) is 2. The van der Waals surface area contributed by atoms with Crippen molar-refractivity contribution in [1.29, 1.82) is 0 Å². The molecule has 0 radical (unpaired) electrons. The van der Waals surface area contributed by atoms with E-state index < -0.39 is 23.5 Å². The van der Waals surface area contributed by atoms with Crippen LogP contribution in [0, 0.1) is 11.6 Å². The molecule has 0 spiro atoms. The van der Waals surface area contributed by atoms with Gasteiger partial charge in [0.2, 0.25) is 0 Å². The van der Waals surface area contributed by atoms with Crippen molar-refractivity contribution in [2.75, 3.05) is 19.7 Å². The highest BCUT2D eigenvalue weighted by molar-refractivity contribution is 7.09. The van der Waals surface area contributed by atoms with E-state index >= 15 is 0 Å². The molecule has 1 saturated heterocycles. The smallest absolute Gasteiger partial charge is 0.191 e. The number of nitrogens with one attached hydrogen (secondary N) is 1. The number of hydrogen-bond donors (Lipinski definition) is 1. The maximum atomic E-state index is 13.8. The normalized spacial score (nSPS) is 20.2. The SMILES string of the molecule is Fc1cccc(F)c1OC(c1nccs1)[C@@H]1CNCCO1. The zero-order valence-corrected chi connectivity index (χ0v) is 11.9. The number of morpholine rings is 1. The quantitative estimate of drug-likeness (QED) is 0.942. The van der Waals surface area contributed by atoms with Crippen LogP contribution in [0.5, 0.6) is 5.75 Å². The molecule has 2 heterocycles. The lowest BCUT2D eigenvalue weighted by Crippen LogP contribution is -2.43. The summed E-state index contributed by atoms with van der Waals surface area (Å²) in [6.45, 7) is 1.81. The van der Waals surface area contributed by atoms with Crippen molar-refractivity contribution in [2.45, 2.75) is 12.2 Å². The van der Waals surface area contributed by atoms with Crippen molar-refractivity contribution in [3.05, 3.63) is 46.4 Å². The molecule has 1 aliphatic rings. The first-order valence-corrected chi connectivity index (χ1v) is 7.46. The molecule has 1 aliphatic heterocycles. The molecule has 2 aromatic rings. The van der Waals surface area contributed by atoms with Crippen molar-refractivity contribution >= 4 is 11.3 Å². The van der Waals surface area contributed by atoms with Crippen molar-refractivity contribution in [3.8, 4) is 5.75 Å². The van der Waals surface area contributed by atoms with Crippen LogP contribution in [0.4, 0.5) is 8.78 Å².